The smallest absolute Gasteiger partial charge is 0.174 e. The van der Waals surface area contributed by atoms with Crippen LogP contribution in [0, 0.1) is 4.77 Å². The molecule has 0 unspecified atom stereocenters. The number of nitrogens with zero attached hydrogens (tertiary/aromatic N) is 2. The summed E-state index contributed by atoms with van der Waals surface area (Å²) in [4.78, 5) is 5.88. The molecule has 0 fully saturated rings. The van der Waals surface area contributed by atoms with E-state index in [9.17, 15) is 0 Å². The molecule has 0 atom stereocenters. The molecule has 0 aromatic carbocycles. The highest BCUT2D eigenvalue weighted by Gasteiger charge is 1.99. The molecular formula is C13H16N4OS. The minimum absolute atomic E-state index is 0.174. The fourth-order valence-electron chi connectivity index (χ4n) is 1.64. The Balaban J connectivity index is 2.31. The topological polar surface area (TPSA) is 69.6 Å². The van der Waals surface area contributed by atoms with Crippen molar-refractivity contribution in [1.29, 1.82) is 0 Å². The van der Waals surface area contributed by atoms with Crippen LogP contribution in [0.5, 0.6) is 0 Å². The number of H-pyrrole nitrogens is 2. The molecule has 6 heteroatoms. The van der Waals surface area contributed by atoms with Gasteiger partial charge in [0.05, 0.1) is 6.20 Å². The maximum Gasteiger partial charge on any atom is 0.174 e. The molecule has 0 saturated heterocycles. The zero-order valence-electron chi connectivity index (χ0n) is 10.4. The van der Waals surface area contributed by atoms with Gasteiger partial charge in [-0.2, -0.15) is 5.10 Å². The van der Waals surface area contributed by atoms with Gasteiger partial charge in [-0.1, -0.05) is 6.07 Å². The fraction of sp³-hybridized carbons (Fsp3) is 0.231. The summed E-state index contributed by atoms with van der Waals surface area (Å²) in [6.45, 7) is 0.890. The van der Waals surface area contributed by atoms with Crippen LogP contribution in [0.2, 0.25) is 0 Å². The molecule has 2 aromatic heterocycles. The normalized spacial score (nSPS) is 10.2. The molecule has 5 nitrogen and oxygen atoms in total. The Bertz CT molecular complexity index is 627. The Kier molecular flexibility index (Phi) is 4.88. The molecule has 0 aliphatic rings. The summed E-state index contributed by atoms with van der Waals surface area (Å²) >= 11 is 5.03. The molecular weight excluding hydrogens is 260 g/mol. The fourth-order valence-corrected chi connectivity index (χ4v) is 1.78. The third-order valence-electron chi connectivity index (χ3n) is 2.58. The first-order chi connectivity index (χ1) is 9.29. The van der Waals surface area contributed by atoms with Crippen molar-refractivity contribution >= 4 is 12.2 Å². The predicted octanol–water partition coefficient (Wildman–Crippen LogP) is 2.44. The Morgan fingerprint density at radius 1 is 1.21 bits per heavy atom. The standard InChI is InChI=1S/C13H16N4OS/c18-8-2-7-17-10-12(9-16-17)11-3-1-5-14-13(19)15-6-4-11/h1,3-6,9-10,18H,2,7-8H2,(H2,14,15,19). The van der Waals surface area contributed by atoms with Crippen molar-refractivity contribution in [2.75, 3.05) is 6.61 Å². The first-order valence-corrected chi connectivity index (χ1v) is 6.44. The summed E-state index contributed by atoms with van der Waals surface area (Å²) in [5.74, 6) is 0. The van der Waals surface area contributed by atoms with Crippen LogP contribution in [-0.4, -0.2) is 31.5 Å². The zero-order chi connectivity index (χ0) is 13.5. The molecule has 0 bridgehead atoms. The van der Waals surface area contributed by atoms with Gasteiger partial charge in [0.25, 0.3) is 0 Å². The monoisotopic (exact) mass is 276 g/mol. The van der Waals surface area contributed by atoms with Crippen LogP contribution in [0.15, 0.2) is 43.0 Å². The van der Waals surface area contributed by atoms with Crippen molar-refractivity contribution in [3.63, 3.8) is 0 Å². The highest BCUT2D eigenvalue weighted by atomic mass is 32.1. The molecule has 3 N–H and O–H groups in total. The van der Waals surface area contributed by atoms with E-state index in [0.717, 1.165) is 11.1 Å². The van der Waals surface area contributed by atoms with Gasteiger partial charge in [0.15, 0.2) is 4.77 Å². The van der Waals surface area contributed by atoms with Crippen LogP contribution in [-0.2, 0) is 6.54 Å². The summed E-state index contributed by atoms with van der Waals surface area (Å²) in [7, 11) is 0. The number of nitrogens with one attached hydrogen (secondary N) is 2. The Hall–Kier alpha value is -1.92. The molecule has 2 rings (SSSR count). The second-order valence-electron chi connectivity index (χ2n) is 4.00. The highest BCUT2D eigenvalue weighted by molar-refractivity contribution is 7.71. The van der Waals surface area contributed by atoms with Crippen molar-refractivity contribution < 1.29 is 5.11 Å². The van der Waals surface area contributed by atoms with Crippen LogP contribution in [0.3, 0.4) is 0 Å². The van der Waals surface area contributed by atoms with E-state index < -0.39 is 0 Å². The molecule has 0 radical (unpaired) electrons. The first kappa shape index (κ1) is 13.5. The molecule has 2 aromatic rings. The highest BCUT2D eigenvalue weighted by Crippen LogP contribution is 2.16. The van der Waals surface area contributed by atoms with Gasteiger partial charge >= 0.3 is 0 Å². The summed E-state index contributed by atoms with van der Waals surface area (Å²) in [6.07, 6.45) is 8.04. The number of hydrogen-bond acceptors (Lipinski definition) is 3. The van der Waals surface area contributed by atoms with E-state index in [4.69, 9.17) is 17.3 Å². The van der Waals surface area contributed by atoms with Crippen LogP contribution < -0.4 is 0 Å². The van der Waals surface area contributed by atoms with E-state index in [1.54, 1.807) is 12.4 Å². The molecule has 0 aliphatic carbocycles. The summed E-state index contributed by atoms with van der Waals surface area (Å²) in [5.41, 5.74) is 2.05. The van der Waals surface area contributed by atoms with Gasteiger partial charge in [-0.25, -0.2) is 0 Å². The maximum atomic E-state index is 8.81. The van der Waals surface area contributed by atoms with Crippen molar-refractivity contribution in [1.82, 2.24) is 19.7 Å². The second-order valence-corrected chi connectivity index (χ2v) is 4.41. The van der Waals surface area contributed by atoms with Crippen molar-refractivity contribution in [3.8, 4) is 11.1 Å². The number of aliphatic hydroxyl groups excluding tert-OH is 1. The molecule has 0 aliphatic heterocycles. The zero-order valence-corrected chi connectivity index (χ0v) is 11.2. The number of aromatic nitrogens is 4. The lowest BCUT2D eigenvalue weighted by molar-refractivity contribution is 0.277. The third kappa shape index (κ3) is 4.04. The number of aryl methyl sites for hydroxylation is 1. The van der Waals surface area contributed by atoms with E-state index in [2.05, 4.69) is 15.1 Å². The van der Waals surface area contributed by atoms with Gasteiger partial charge in [0, 0.05) is 37.3 Å². The van der Waals surface area contributed by atoms with Gasteiger partial charge < -0.3 is 15.1 Å². The van der Waals surface area contributed by atoms with Crippen LogP contribution in [0.25, 0.3) is 11.1 Å². The number of aliphatic hydroxyl groups is 1. The molecule has 0 saturated carbocycles. The summed E-state index contributed by atoms with van der Waals surface area (Å²) < 4.78 is 2.38. The number of hydrogen-bond donors (Lipinski definition) is 3. The largest absolute Gasteiger partial charge is 0.396 e. The van der Waals surface area contributed by atoms with E-state index in [1.165, 1.54) is 0 Å². The minimum atomic E-state index is 0.174. The Morgan fingerprint density at radius 2 is 2.05 bits per heavy atom. The SMILES string of the molecule is OCCCn1cc(-c2ccc[nH]c(=S)[nH]cc2)cn1. The Morgan fingerprint density at radius 3 is 2.89 bits per heavy atom. The van der Waals surface area contributed by atoms with Crippen molar-refractivity contribution in [2.45, 2.75) is 13.0 Å². The molecule has 2 heterocycles. The molecule has 19 heavy (non-hydrogen) atoms. The van der Waals surface area contributed by atoms with Crippen molar-refractivity contribution in [2.24, 2.45) is 0 Å². The van der Waals surface area contributed by atoms with Gasteiger partial charge in [-0.3, -0.25) is 4.68 Å². The third-order valence-corrected chi connectivity index (χ3v) is 2.81. The van der Waals surface area contributed by atoms with E-state index in [-0.39, 0.29) is 6.61 Å². The number of aromatic amines is 2. The molecule has 0 spiro atoms. The van der Waals surface area contributed by atoms with E-state index >= 15 is 0 Å². The molecule has 100 valence electrons. The van der Waals surface area contributed by atoms with Gasteiger partial charge in [0.2, 0.25) is 0 Å². The number of rotatable bonds is 4. The second kappa shape index (κ2) is 6.86. The van der Waals surface area contributed by atoms with E-state index in [1.807, 2.05) is 35.3 Å². The minimum Gasteiger partial charge on any atom is -0.396 e. The van der Waals surface area contributed by atoms with Gasteiger partial charge in [-0.05, 0) is 36.3 Å². The van der Waals surface area contributed by atoms with Crippen LogP contribution in [0.4, 0.5) is 0 Å². The lowest BCUT2D eigenvalue weighted by Gasteiger charge is -1.97. The maximum absolute atomic E-state index is 8.81. The first-order valence-electron chi connectivity index (χ1n) is 6.04. The van der Waals surface area contributed by atoms with Crippen LogP contribution in [0.1, 0.15) is 6.42 Å². The average molecular weight is 276 g/mol. The quantitative estimate of drug-likeness (QED) is 0.751. The average Bonchev–Trinajstić information content (AvgIpc) is 2.89. The van der Waals surface area contributed by atoms with Gasteiger partial charge in [0.1, 0.15) is 0 Å². The van der Waals surface area contributed by atoms with Crippen molar-refractivity contribution in [3.05, 3.63) is 47.8 Å². The lowest BCUT2D eigenvalue weighted by atomic mass is 10.2. The van der Waals surface area contributed by atoms with Gasteiger partial charge in [-0.15, -0.1) is 0 Å². The van der Waals surface area contributed by atoms with Crippen LogP contribution >= 0.6 is 12.2 Å². The Labute approximate surface area is 116 Å². The lowest BCUT2D eigenvalue weighted by Crippen LogP contribution is -1.99. The summed E-state index contributed by atoms with van der Waals surface area (Å²) in [6, 6.07) is 5.81. The molecule has 0 amide bonds. The van der Waals surface area contributed by atoms with E-state index in [0.29, 0.717) is 17.7 Å². The summed E-state index contributed by atoms with van der Waals surface area (Å²) in [5, 5.41) is 13.1. The predicted molar refractivity (Wildman–Crippen MR) is 76.5 cm³/mol.